The van der Waals surface area contributed by atoms with Crippen LogP contribution in [0.3, 0.4) is 0 Å². The number of thiophene rings is 1. The number of carbonyl (C=O) groups excluding carboxylic acids is 2. The Morgan fingerprint density at radius 1 is 1.13 bits per heavy atom. The molecule has 0 saturated carbocycles. The molecule has 1 N–H and O–H groups in total. The van der Waals surface area contributed by atoms with E-state index in [9.17, 15) is 9.59 Å². The van der Waals surface area contributed by atoms with Crippen LogP contribution in [0, 0.1) is 11.8 Å². The summed E-state index contributed by atoms with van der Waals surface area (Å²) in [6, 6.07) is 0. The average molecular weight is 334 g/mol. The lowest BCUT2D eigenvalue weighted by Gasteiger charge is -2.31. The zero-order valence-electron chi connectivity index (χ0n) is 14.3. The van der Waals surface area contributed by atoms with Gasteiger partial charge in [-0.2, -0.15) is 0 Å². The van der Waals surface area contributed by atoms with Crippen molar-refractivity contribution in [2.75, 3.05) is 18.4 Å². The lowest BCUT2D eigenvalue weighted by molar-refractivity contribution is -0.114. The van der Waals surface area contributed by atoms with Gasteiger partial charge in [0.25, 0.3) is 5.91 Å². The molecule has 23 heavy (non-hydrogen) atoms. The fourth-order valence-corrected chi connectivity index (χ4v) is 5.04. The van der Waals surface area contributed by atoms with E-state index in [2.05, 4.69) is 19.2 Å². The molecule has 1 fully saturated rings. The Morgan fingerprint density at radius 3 is 2.48 bits per heavy atom. The van der Waals surface area contributed by atoms with Crippen LogP contribution in [0.1, 0.15) is 60.8 Å². The number of amides is 2. The van der Waals surface area contributed by atoms with Crippen molar-refractivity contribution in [3.05, 3.63) is 16.0 Å². The number of rotatable bonds is 2. The fourth-order valence-electron chi connectivity index (χ4n) is 3.59. The number of hydrogen-bond donors (Lipinski definition) is 1. The molecule has 0 radical (unpaired) electrons. The third kappa shape index (κ3) is 3.44. The van der Waals surface area contributed by atoms with Crippen molar-refractivity contribution in [2.45, 2.75) is 52.9 Å². The van der Waals surface area contributed by atoms with Crippen LogP contribution in [0.2, 0.25) is 0 Å². The van der Waals surface area contributed by atoms with E-state index >= 15 is 0 Å². The van der Waals surface area contributed by atoms with Gasteiger partial charge < -0.3 is 10.2 Å². The molecular formula is C18H26N2O2S. The highest BCUT2D eigenvalue weighted by atomic mass is 32.1. The van der Waals surface area contributed by atoms with Crippen molar-refractivity contribution in [2.24, 2.45) is 11.8 Å². The molecule has 1 atom stereocenters. The Hall–Kier alpha value is -1.36. The molecule has 1 aromatic heterocycles. The van der Waals surface area contributed by atoms with Crippen LogP contribution < -0.4 is 5.32 Å². The van der Waals surface area contributed by atoms with Gasteiger partial charge in [0.2, 0.25) is 5.91 Å². The van der Waals surface area contributed by atoms with Gasteiger partial charge in [0.1, 0.15) is 5.00 Å². The van der Waals surface area contributed by atoms with Crippen molar-refractivity contribution in [1.29, 1.82) is 0 Å². The Morgan fingerprint density at radius 2 is 1.83 bits per heavy atom. The van der Waals surface area contributed by atoms with Crippen LogP contribution in [0.25, 0.3) is 0 Å². The molecular weight excluding hydrogens is 308 g/mol. The van der Waals surface area contributed by atoms with E-state index in [1.54, 1.807) is 11.3 Å². The number of anilines is 1. The summed E-state index contributed by atoms with van der Waals surface area (Å²) in [7, 11) is 0. The number of fused-ring (bicyclic) bond motifs is 1. The minimum Gasteiger partial charge on any atom is -0.339 e. The van der Waals surface area contributed by atoms with Crippen LogP contribution in [0.15, 0.2) is 0 Å². The first kappa shape index (κ1) is 16.5. The third-order valence-corrected chi connectivity index (χ3v) is 6.26. The monoisotopic (exact) mass is 334 g/mol. The molecule has 1 aliphatic heterocycles. The summed E-state index contributed by atoms with van der Waals surface area (Å²) >= 11 is 1.61. The quantitative estimate of drug-likeness (QED) is 0.896. The summed E-state index contributed by atoms with van der Waals surface area (Å²) in [5.41, 5.74) is 1.97. The van der Waals surface area contributed by atoms with Crippen molar-refractivity contribution in [1.82, 2.24) is 4.90 Å². The molecule has 2 amide bonds. The Kier molecular flexibility index (Phi) is 4.76. The van der Waals surface area contributed by atoms with E-state index in [-0.39, 0.29) is 11.8 Å². The number of likely N-dealkylation sites (tertiary alicyclic amines) is 1. The lowest BCUT2D eigenvalue weighted by atomic mass is 9.88. The maximum atomic E-state index is 13.1. The van der Waals surface area contributed by atoms with Gasteiger partial charge in [0, 0.05) is 24.9 Å². The van der Waals surface area contributed by atoms with Crippen molar-refractivity contribution < 1.29 is 9.59 Å². The summed E-state index contributed by atoms with van der Waals surface area (Å²) in [4.78, 5) is 27.9. The first-order chi connectivity index (χ1) is 11.0. The van der Waals surface area contributed by atoms with Gasteiger partial charge in [0.15, 0.2) is 0 Å². The molecule has 1 aromatic rings. The van der Waals surface area contributed by atoms with Crippen molar-refractivity contribution in [3.63, 3.8) is 0 Å². The predicted octanol–water partition coefficient (Wildman–Crippen LogP) is 3.70. The number of nitrogens with zero attached hydrogens (tertiary/aromatic N) is 1. The molecule has 5 heteroatoms. The SMILES string of the molecule is CC(=O)Nc1sc2c(c1C(=O)N1CCC(C)CC1)CC[C@H](C)C2. The van der Waals surface area contributed by atoms with Gasteiger partial charge in [0.05, 0.1) is 5.56 Å². The van der Waals surface area contributed by atoms with Crippen LogP contribution in [-0.4, -0.2) is 29.8 Å². The van der Waals surface area contributed by atoms with E-state index in [0.29, 0.717) is 11.8 Å². The van der Waals surface area contributed by atoms with Gasteiger partial charge in [-0.1, -0.05) is 13.8 Å². The number of nitrogens with one attached hydrogen (secondary N) is 1. The highest BCUT2D eigenvalue weighted by Gasteiger charge is 2.31. The number of piperidine rings is 1. The molecule has 126 valence electrons. The second kappa shape index (κ2) is 6.63. The summed E-state index contributed by atoms with van der Waals surface area (Å²) in [6.45, 7) is 7.69. The standard InChI is InChI=1S/C18H26N2O2S/c1-11-6-8-20(9-7-11)18(22)16-14-5-4-12(2)10-15(14)23-17(16)19-13(3)21/h11-12H,4-10H2,1-3H3,(H,19,21)/t12-/m0/s1. The number of hydrogen-bond acceptors (Lipinski definition) is 3. The topological polar surface area (TPSA) is 49.4 Å². The van der Waals surface area contributed by atoms with Crippen LogP contribution in [-0.2, 0) is 17.6 Å². The van der Waals surface area contributed by atoms with Gasteiger partial charge >= 0.3 is 0 Å². The van der Waals surface area contributed by atoms with Gasteiger partial charge in [-0.25, -0.2) is 0 Å². The number of carbonyl (C=O) groups is 2. The molecule has 2 heterocycles. The second-order valence-electron chi connectivity index (χ2n) is 7.21. The van der Waals surface area contributed by atoms with Gasteiger partial charge in [-0.15, -0.1) is 11.3 Å². The summed E-state index contributed by atoms with van der Waals surface area (Å²) < 4.78 is 0. The zero-order valence-corrected chi connectivity index (χ0v) is 15.1. The minimum absolute atomic E-state index is 0.0991. The first-order valence-corrected chi connectivity index (χ1v) is 9.48. The molecule has 0 spiro atoms. The van der Waals surface area contributed by atoms with Crippen molar-refractivity contribution >= 4 is 28.2 Å². The fraction of sp³-hybridized carbons (Fsp3) is 0.667. The molecule has 0 unspecified atom stereocenters. The first-order valence-electron chi connectivity index (χ1n) is 8.67. The third-order valence-electron chi connectivity index (χ3n) is 5.09. The summed E-state index contributed by atoms with van der Waals surface area (Å²) in [5, 5.41) is 3.67. The van der Waals surface area contributed by atoms with Crippen LogP contribution in [0.4, 0.5) is 5.00 Å². The second-order valence-corrected chi connectivity index (χ2v) is 8.32. The molecule has 1 saturated heterocycles. The van der Waals surface area contributed by atoms with Gasteiger partial charge in [-0.3, -0.25) is 9.59 Å². The largest absolute Gasteiger partial charge is 0.339 e. The van der Waals surface area contributed by atoms with E-state index < -0.39 is 0 Å². The average Bonchev–Trinajstić information content (AvgIpc) is 2.83. The van der Waals surface area contributed by atoms with E-state index in [4.69, 9.17) is 0 Å². The molecule has 0 aromatic carbocycles. The molecule has 1 aliphatic carbocycles. The molecule has 4 nitrogen and oxygen atoms in total. The Bertz CT molecular complexity index is 615. The molecule has 3 rings (SSSR count). The van der Waals surface area contributed by atoms with Gasteiger partial charge in [-0.05, 0) is 49.5 Å². The maximum absolute atomic E-state index is 13.1. The highest BCUT2D eigenvalue weighted by molar-refractivity contribution is 7.17. The Balaban J connectivity index is 1.92. The zero-order chi connectivity index (χ0) is 16.6. The summed E-state index contributed by atoms with van der Waals surface area (Å²) in [6.07, 6.45) is 5.25. The van der Waals surface area contributed by atoms with E-state index in [1.165, 1.54) is 17.4 Å². The highest BCUT2D eigenvalue weighted by Crippen LogP contribution is 2.40. The van der Waals surface area contributed by atoms with Crippen LogP contribution >= 0.6 is 11.3 Å². The summed E-state index contributed by atoms with van der Waals surface area (Å²) in [5.74, 6) is 1.38. The van der Waals surface area contributed by atoms with Crippen molar-refractivity contribution in [3.8, 4) is 0 Å². The maximum Gasteiger partial charge on any atom is 0.257 e. The minimum atomic E-state index is -0.0991. The predicted molar refractivity (Wildman–Crippen MR) is 94.1 cm³/mol. The molecule has 0 bridgehead atoms. The Labute approximate surface area is 142 Å². The normalized spacial score (nSPS) is 21.9. The molecule has 2 aliphatic rings. The van der Waals surface area contributed by atoms with E-state index in [1.807, 2.05) is 4.90 Å². The lowest BCUT2D eigenvalue weighted by Crippen LogP contribution is -2.38. The van der Waals surface area contributed by atoms with E-state index in [0.717, 1.165) is 55.8 Å². The smallest absolute Gasteiger partial charge is 0.257 e. The van der Waals surface area contributed by atoms with Crippen LogP contribution in [0.5, 0.6) is 0 Å².